The minimum Gasteiger partial charge on any atom is -0.343 e. The molecule has 1 saturated heterocycles. The molecule has 3 amide bonds. The van der Waals surface area contributed by atoms with Gasteiger partial charge in [0.25, 0.3) is 5.91 Å². The minimum absolute atomic E-state index is 0.0784. The third-order valence-corrected chi connectivity index (χ3v) is 5.60. The number of nitrogens with two attached hydrogens (primary N) is 1. The van der Waals surface area contributed by atoms with Crippen LogP contribution >= 0.6 is 0 Å². The molecule has 7 nitrogen and oxygen atoms in total. The van der Waals surface area contributed by atoms with Gasteiger partial charge in [-0.05, 0) is 48.6 Å². The van der Waals surface area contributed by atoms with Gasteiger partial charge in [0.2, 0.25) is 11.8 Å². The van der Waals surface area contributed by atoms with Gasteiger partial charge in [-0.1, -0.05) is 44.2 Å². The zero-order chi connectivity index (χ0) is 23.3. The molecule has 2 aromatic rings. The average Bonchev–Trinajstić information content (AvgIpc) is 2.79. The van der Waals surface area contributed by atoms with Gasteiger partial charge in [0.15, 0.2) is 0 Å². The van der Waals surface area contributed by atoms with Crippen LogP contribution in [0, 0.1) is 11.7 Å². The van der Waals surface area contributed by atoms with Gasteiger partial charge in [-0.2, -0.15) is 0 Å². The van der Waals surface area contributed by atoms with Gasteiger partial charge >= 0.3 is 0 Å². The van der Waals surface area contributed by atoms with Crippen molar-refractivity contribution in [3.8, 4) is 0 Å². The summed E-state index contributed by atoms with van der Waals surface area (Å²) in [5.74, 6) is -1.58. The van der Waals surface area contributed by atoms with E-state index in [0.717, 1.165) is 5.56 Å². The van der Waals surface area contributed by atoms with E-state index < -0.39 is 29.9 Å². The lowest BCUT2D eigenvalue weighted by Gasteiger charge is -2.39. The Hall–Kier alpha value is -3.26. The van der Waals surface area contributed by atoms with Crippen LogP contribution in [-0.2, 0) is 20.8 Å². The highest BCUT2D eigenvalue weighted by Crippen LogP contribution is 2.22. The van der Waals surface area contributed by atoms with E-state index in [1.54, 1.807) is 0 Å². The van der Waals surface area contributed by atoms with Crippen molar-refractivity contribution in [1.29, 1.82) is 0 Å². The monoisotopic (exact) mass is 440 g/mol. The molecule has 3 atom stereocenters. The third kappa shape index (κ3) is 5.70. The average molecular weight is 441 g/mol. The predicted octanol–water partition coefficient (Wildman–Crippen LogP) is 1.76. The molecule has 1 aliphatic heterocycles. The summed E-state index contributed by atoms with van der Waals surface area (Å²) in [5.41, 5.74) is 7.54. The Labute approximate surface area is 187 Å². The summed E-state index contributed by atoms with van der Waals surface area (Å²) in [6, 6.07) is 13.0. The van der Waals surface area contributed by atoms with Crippen molar-refractivity contribution < 1.29 is 18.8 Å². The van der Waals surface area contributed by atoms with Crippen LogP contribution in [0.1, 0.15) is 25.8 Å². The molecule has 0 bridgehead atoms. The second kappa shape index (κ2) is 10.4. The molecule has 2 unspecified atom stereocenters. The molecule has 3 rings (SSSR count). The van der Waals surface area contributed by atoms with Gasteiger partial charge in [0, 0.05) is 5.69 Å². The van der Waals surface area contributed by atoms with E-state index in [4.69, 9.17) is 5.73 Å². The number of nitrogens with zero attached hydrogens (tertiary/aromatic N) is 1. The highest BCUT2D eigenvalue weighted by molar-refractivity contribution is 6.06. The molecule has 1 aliphatic rings. The molecule has 0 radical (unpaired) electrons. The van der Waals surface area contributed by atoms with Crippen molar-refractivity contribution in [3.63, 3.8) is 0 Å². The van der Waals surface area contributed by atoms with Crippen molar-refractivity contribution in [3.05, 3.63) is 66.0 Å². The van der Waals surface area contributed by atoms with E-state index in [0.29, 0.717) is 18.5 Å². The molecule has 1 heterocycles. The summed E-state index contributed by atoms with van der Waals surface area (Å²) >= 11 is 0. The lowest BCUT2D eigenvalue weighted by atomic mass is 10.0. The first-order valence-corrected chi connectivity index (χ1v) is 10.7. The molecule has 4 N–H and O–H groups in total. The number of aryl methyl sites for hydroxylation is 1. The highest BCUT2D eigenvalue weighted by Gasteiger charge is 2.40. The molecular formula is C24H29FN4O3. The summed E-state index contributed by atoms with van der Waals surface area (Å²) < 4.78 is 13.1. The van der Waals surface area contributed by atoms with Gasteiger partial charge < -0.3 is 21.3 Å². The van der Waals surface area contributed by atoms with E-state index in [2.05, 4.69) is 10.6 Å². The first kappa shape index (κ1) is 23.4. The van der Waals surface area contributed by atoms with E-state index in [1.807, 2.05) is 44.2 Å². The predicted molar refractivity (Wildman–Crippen MR) is 120 cm³/mol. The summed E-state index contributed by atoms with van der Waals surface area (Å²) in [6.07, 6.45) is 0.950. The number of anilines is 1. The van der Waals surface area contributed by atoms with E-state index in [1.165, 1.54) is 29.2 Å². The van der Waals surface area contributed by atoms with Crippen LogP contribution in [0.2, 0.25) is 0 Å². The maximum absolute atomic E-state index is 13.1. The Morgan fingerprint density at radius 2 is 1.75 bits per heavy atom. The molecule has 170 valence electrons. The maximum atomic E-state index is 13.1. The number of hydrogen-bond donors (Lipinski definition) is 3. The molecule has 2 aromatic carbocycles. The zero-order valence-corrected chi connectivity index (χ0v) is 18.3. The SMILES string of the molecule is CC(C)C(N)C(=O)NC(CCc1ccccc1)C(=O)N[C@H]1CN(c2ccc(F)cc2)C1=O. The molecule has 0 spiro atoms. The zero-order valence-electron chi connectivity index (χ0n) is 18.3. The Kier molecular flexibility index (Phi) is 7.58. The topological polar surface area (TPSA) is 105 Å². The Bertz CT molecular complexity index is 949. The van der Waals surface area contributed by atoms with E-state index in [-0.39, 0.29) is 24.2 Å². The van der Waals surface area contributed by atoms with Gasteiger partial charge in [-0.3, -0.25) is 14.4 Å². The van der Waals surface area contributed by atoms with Crippen LogP contribution in [0.15, 0.2) is 54.6 Å². The summed E-state index contributed by atoms with van der Waals surface area (Å²) in [6.45, 7) is 3.95. The fourth-order valence-electron chi connectivity index (χ4n) is 3.45. The molecule has 8 heteroatoms. The normalized spacial score (nSPS) is 17.5. The van der Waals surface area contributed by atoms with Crippen molar-refractivity contribution in [2.45, 2.75) is 44.8 Å². The second-order valence-corrected chi connectivity index (χ2v) is 8.34. The first-order valence-electron chi connectivity index (χ1n) is 10.7. The van der Waals surface area contributed by atoms with Gasteiger partial charge in [0.05, 0.1) is 12.6 Å². The number of nitrogens with one attached hydrogen (secondary N) is 2. The maximum Gasteiger partial charge on any atom is 0.251 e. The number of carbonyl (C=O) groups is 3. The number of hydrogen-bond acceptors (Lipinski definition) is 4. The van der Waals surface area contributed by atoms with Crippen LogP contribution < -0.4 is 21.3 Å². The Morgan fingerprint density at radius 1 is 1.09 bits per heavy atom. The molecule has 1 fully saturated rings. The summed E-state index contributed by atoms with van der Waals surface area (Å²) in [4.78, 5) is 39.4. The third-order valence-electron chi connectivity index (χ3n) is 5.60. The molecule has 0 saturated carbocycles. The van der Waals surface area contributed by atoms with E-state index in [9.17, 15) is 18.8 Å². The number of rotatable bonds is 9. The standard InChI is InChI=1S/C24H29FN4O3/c1-15(2)21(26)23(31)27-19(13-8-16-6-4-3-5-7-16)22(30)28-20-14-29(24(20)32)18-11-9-17(25)10-12-18/h3-7,9-12,15,19-21H,8,13-14,26H2,1-2H3,(H,27,31)(H,28,30)/t19?,20-,21?/m0/s1. The van der Waals surface area contributed by atoms with Crippen LogP contribution in [0.4, 0.5) is 10.1 Å². The fraction of sp³-hybridized carbons (Fsp3) is 0.375. The van der Waals surface area contributed by atoms with Gasteiger partial charge in [-0.25, -0.2) is 4.39 Å². The number of benzene rings is 2. The summed E-state index contributed by atoms with van der Waals surface area (Å²) in [7, 11) is 0. The first-order chi connectivity index (χ1) is 15.3. The lowest BCUT2D eigenvalue weighted by molar-refractivity contribution is -0.133. The largest absolute Gasteiger partial charge is 0.343 e. The highest BCUT2D eigenvalue weighted by atomic mass is 19.1. The van der Waals surface area contributed by atoms with Crippen molar-refractivity contribution in [2.24, 2.45) is 11.7 Å². The van der Waals surface area contributed by atoms with Crippen LogP contribution in [0.25, 0.3) is 0 Å². The quantitative estimate of drug-likeness (QED) is 0.517. The Morgan fingerprint density at radius 3 is 2.34 bits per heavy atom. The smallest absolute Gasteiger partial charge is 0.251 e. The molecule has 0 aromatic heterocycles. The van der Waals surface area contributed by atoms with Gasteiger partial charge in [0.1, 0.15) is 17.9 Å². The summed E-state index contributed by atoms with van der Waals surface area (Å²) in [5, 5.41) is 5.47. The minimum atomic E-state index is -0.819. The molecule has 32 heavy (non-hydrogen) atoms. The van der Waals surface area contributed by atoms with Crippen molar-refractivity contribution >= 4 is 23.4 Å². The van der Waals surface area contributed by atoms with Crippen LogP contribution in [0.3, 0.4) is 0 Å². The number of amides is 3. The number of halogens is 1. The Balaban J connectivity index is 1.62. The van der Waals surface area contributed by atoms with Crippen molar-refractivity contribution in [1.82, 2.24) is 10.6 Å². The molecule has 0 aliphatic carbocycles. The van der Waals surface area contributed by atoms with Crippen LogP contribution in [-0.4, -0.2) is 42.4 Å². The van der Waals surface area contributed by atoms with Crippen LogP contribution in [0.5, 0.6) is 0 Å². The number of carbonyl (C=O) groups excluding carboxylic acids is 3. The number of β-lactam (4-membered cyclic amide) rings is 1. The van der Waals surface area contributed by atoms with E-state index >= 15 is 0 Å². The molecular weight excluding hydrogens is 411 g/mol. The fourth-order valence-corrected chi connectivity index (χ4v) is 3.45. The second-order valence-electron chi connectivity index (χ2n) is 8.34. The van der Waals surface area contributed by atoms with Gasteiger partial charge in [-0.15, -0.1) is 0 Å². The van der Waals surface area contributed by atoms with Crippen molar-refractivity contribution in [2.75, 3.05) is 11.4 Å². The lowest BCUT2D eigenvalue weighted by Crippen LogP contribution is -2.66.